The van der Waals surface area contributed by atoms with Gasteiger partial charge in [-0.3, -0.25) is 0 Å². The lowest BCUT2D eigenvalue weighted by Gasteiger charge is -2.05. The van der Waals surface area contributed by atoms with E-state index in [4.69, 9.17) is 10.5 Å². The van der Waals surface area contributed by atoms with Crippen LogP contribution in [0.2, 0.25) is 0 Å². The molecule has 2 nitrogen and oxygen atoms in total. The van der Waals surface area contributed by atoms with Crippen molar-refractivity contribution in [3.8, 4) is 5.75 Å². The number of benzene rings is 2. The second-order valence-electron chi connectivity index (χ2n) is 3.12. The van der Waals surface area contributed by atoms with Crippen LogP contribution in [0.4, 0.5) is 5.69 Å². The van der Waals surface area contributed by atoms with Crippen LogP contribution in [-0.4, -0.2) is 6.61 Å². The van der Waals surface area contributed by atoms with Gasteiger partial charge in [-0.05, 0) is 30.5 Å². The third-order valence-corrected chi connectivity index (χ3v) is 2.16. The van der Waals surface area contributed by atoms with E-state index in [1.807, 2.05) is 37.3 Å². The molecule has 0 saturated heterocycles. The molecule has 0 aromatic heterocycles. The summed E-state index contributed by atoms with van der Waals surface area (Å²) in [6, 6.07) is 11.5. The third kappa shape index (κ3) is 1.51. The Morgan fingerprint density at radius 3 is 2.86 bits per heavy atom. The topological polar surface area (TPSA) is 33.0 Å². The predicted octanol–water partition coefficient (Wildman–Crippen LogP) is 3.15. The van der Waals surface area contributed by atoms with Crippen molar-refractivity contribution >= 4 is 16.5 Å². The number of hydrogen-bond acceptors (Lipinski definition) is 1. The number of fused-ring (bicyclic) bond motifs is 1. The molecule has 0 unspecified atom stereocenters. The Kier molecular flexibility index (Phi) is 2.27. The predicted molar refractivity (Wildman–Crippen MR) is 57.9 cm³/mol. The van der Waals surface area contributed by atoms with Gasteiger partial charge in [-0.15, -0.1) is 0 Å². The van der Waals surface area contributed by atoms with Gasteiger partial charge in [-0.25, -0.2) is 0 Å². The van der Waals surface area contributed by atoms with Gasteiger partial charge in [0.15, 0.2) is 0 Å². The summed E-state index contributed by atoms with van der Waals surface area (Å²) in [4.78, 5) is 0. The Bertz CT molecular complexity index is 451. The van der Waals surface area contributed by atoms with Crippen LogP contribution in [-0.2, 0) is 0 Å². The van der Waals surface area contributed by atoms with Crippen LogP contribution in [0.5, 0.6) is 5.75 Å². The van der Waals surface area contributed by atoms with Crippen LogP contribution in [0.25, 0.3) is 10.8 Å². The molecule has 0 aliphatic heterocycles. The smallest absolute Gasteiger partial charge is 0.119 e. The first-order valence-electron chi connectivity index (χ1n) is 4.68. The normalized spacial score (nSPS) is 10.4. The molecule has 2 rings (SSSR count). The van der Waals surface area contributed by atoms with E-state index in [0.29, 0.717) is 12.3 Å². The molecule has 0 saturated carbocycles. The maximum absolute atomic E-state index is 7.74. The largest absolute Gasteiger partial charge is 0.494 e. The highest BCUT2D eigenvalue weighted by Gasteiger charge is 1.99. The number of nitrogens with one attached hydrogen (secondary N) is 1. The quantitative estimate of drug-likeness (QED) is 0.709. The first-order chi connectivity index (χ1) is 6.81. The summed E-state index contributed by atoms with van der Waals surface area (Å²) in [6.45, 7) is 2.61. The van der Waals surface area contributed by atoms with Gasteiger partial charge in [0.25, 0.3) is 0 Å². The van der Waals surface area contributed by atoms with E-state index in [1.54, 1.807) is 6.07 Å². The van der Waals surface area contributed by atoms with Gasteiger partial charge in [-0.2, -0.15) is 0 Å². The van der Waals surface area contributed by atoms with Crippen molar-refractivity contribution in [1.82, 2.24) is 5.73 Å². The van der Waals surface area contributed by atoms with Crippen molar-refractivity contribution < 1.29 is 4.74 Å². The van der Waals surface area contributed by atoms with E-state index in [9.17, 15) is 0 Å². The standard InChI is InChI=1S/C12H12NO/c1-2-14-10-7-6-9-4-3-5-12(13)11(9)8-10/h3-8,13H,2H2,1H3. The van der Waals surface area contributed by atoms with Crippen LogP contribution < -0.4 is 10.5 Å². The van der Waals surface area contributed by atoms with Crippen LogP contribution in [0.3, 0.4) is 0 Å². The van der Waals surface area contributed by atoms with Gasteiger partial charge in [0.2, 0.25) is 0 Å². The molecule has 14 heavy (non-hydrogen) atoms. The summed E-state index contributed by atoms with van der Waals surface area (Å²) in [6.07, 6.45) is 0. The highest BCUT2D eigenvalue weighted by molar-refractivity contribution is 5.92. The van der Waals surface area contributed by atoms with Crippen LogP contribution in [0, 0.1) is 0 Å². The molecule has 0 bridgehead atoms. The van der Waals surface area contributed by atoms with Crippen molar-refractivity contribution in [2.75, 3.05) is 6.61 Å². The monoisotopic (exact) mass is 186 g/mol. The molecule has 0 amide bonds. The van der Waals surface area contributed by atoms with E-state index in [2.05, 4.69) is 0 Å². The Balaban J connectivity index is 2.58. The zero-order chi connectivity index (χ0) is 9.97. The van der Waals surface area contributed by atoms with E-state index in [1.165, 1.54) is 0 Å². The average Bonchev–Trinajstić information content (AvgIpc) is 2.20. The first kappa shape index (κ1) is 8.88. The molecular weight excluding hydrogens is 174 g/mol. The second-order valence-corrected chi connectivity index (χ2v) is 3.12. The van der Waals surface area contributed by atoms with Crippen molar-refractivity contribution in [3.63, 3.8) is 0 Å². The highest BCUT2D eigenvalue weighted by atomic mass is 16.5. The molecule has 0 heterocycles. The lowest BCUT2D eigenvalue weighted by molar-refractivity contribution is 0.341. The van der Waals surface area contributed by atoms with Crippen LogP contribution >= 0.6 is 0 Å². The van der Waals surface area contributed by atoms with E-state index in [0.717, 1.165) is 16.5 Å². The van der Waals surface area contributed by atoms with Gasteiger partial charge >= 0.3 is 0 Å². The molecule has 0 aliphatic rings. The van der Waals surface area contributed by atoms with Gasteiger partial charge in [-0.1, -0.05) is 18.2 Å². The van der Waals surface area contributed by atoms with E-state index in [-0.39, 0.29) is 0 Å². The lowest BCUT2D eigenvalue weighted by Crippen LogP contribution is -1.90. The Morgan fingerprint density at radius 1 is 1.21 bits per heavy atom. The maximum atomic E-state index is 7.74. The Labute approximate surface area is 83.3 Å². The number of rotatable bonds is 2. The zero-order valence-electron chi connectivity index (χ0n) is 8.08. The van der Waals surface area contributed by atoms with Crippen molar-refractivity contribution in [2.24, 2.45) is 0 Å². The van der Waals surface area contributed by atoms with Gasteiger partial charge in [0, 0.05) is 5.39 Å². The first-order valence-corrected chi connectivity index (χ1v) is 4.68. The second kappa shape index (κ2) is 3.58. The number of hydrogen-bond donors (Lipinski definition) is 0. The minimum Gasteiger partial charge on any atom is -0.494 e. The molecule has 71 valence electrons. The van der Waals surface area contributed by atoms with Gasteiger partial charge in [0.1, 0.15) is 5.75 Å². The van der Waals surface area contributed by atoms with Gasteiger partial charge in [0.05, 0.1) is 12.3 Å². The summed E-state index contributed by atoms with van der Waals surface area (Å²) in [7, 11) is 0. The summed E-state index contributed by atoms with van der Waals surface area (Å²) in [5.41, 5.74) is 8.28. The molecule has 2 heteroatoms. The Morgan fingerprint density at radius 2 is 2.07 bits per heavy atom. The van der Waals surface area contributed by atoms with E-state index >= 15 is 0 Å². The third-order valence-electron chi connectivity index (χ3n) is 2.16. The molecule has 1 N–H and O–H groups in total. The van der Waals surface area contributed by atoms with Crippen LogP contribution in [0.15, 0.2) is 36.4 Å². The molecule has 0 atom stereocenters. The average molecular weight is 186 g/mol. The maximum Gasteiger partial charge on any atom is 0.119 e. The fourth-order valence-electron chi connectivity index (χ4n) is 1.51. The molecule has 0 aliphatic carbocycles. The molecule has 2 aromatic carbocycles. The number of ether oxygens (including phenoxy) is 1. The van der Waals surface area contributed by atoms with Crippen molar-refractivity contribution in [1.29, 1.82) is 0 Å². The summed E-state index contributed by atoms with van der Waals surface area (Å²) in [5, 5.41) is 2.03. The lowest BCUT2D eigenvalue weighted by atomic mass is 10.1. The molecule has 2 aromatic rings. The zero-order valence-corrected chi connectivity index (χ0v) is 8.08. The fourth-order valence-corrected chi connectivity index (χ4v) is 1.51. The molecule has 0 spiro atoms. The van der Waals surface area contributed by atoms with Crippen molar-refractivity contribution in [2.45, 2.75) is 6.92 Å². The van der Waals surface area contributed by atoms with Crippen LogP contribution in [0.1, 0.15) is 6.92 Å². The fraction of sp³-hybridized carbons (Fsp3) is 0.167. The SMILES string of the molecule is CCOc1ccc2cccc([NH])c2c1. The summed E-state index contributed by atoms with van der Waals surface area (Å²) in [5.74, 6) is 0.833. The molecular formula is C12H12NO. The van der Waals surface area contributed by atoms with E-state index < -0.39 is 0 Å². The molecule has 0 fully saturated rings. The molecule has 1 radical (unpaired) electrons. The summed E-state index contributed by atoms with van der Waals surface area (Å²) >= 11 is 0. The summed E-state index contributed by atoms with van der Waals surface area (Å²) < 4.78 is 5.39. The van der Waals surface area contributed by atoms with Crippen molar-refractivity contribution in [3.05, 3.63) is 36.4 Å². The minimum absolute atomic E-state index is 0.545. The highest BCUT2D eigenvalue weighted by Crippen LogP contribution is 2.26. The Hall–Kier alpha value is -1.70. The van der Waals surface area contributed by atoms with Gasteiger partial charge < -0.3 is 10.5 Å². The minimum atomic E-state index is 0.545.